The van der Waals surface area contributed by atoms with Crippen molar-refractivity contribution in [1.82, 2.24) is 0 Å². The first-order valence-electron chi connectivity index (χ1n) is 4.96. The number of phenols is 2. The molecular weight excluding hydrogens is 212 g/mol. The maximum atomic E-state index is 10.6. The summed E-state index contributed by atoms with van der Waals surface area (Å²) in [6.07, 6.45) is 1.99. The molecule has 0 amide bonds. The van der Waals surface area contributed by atoms with Gasteiger partial charge in [0.1, 0.15) is 0 Å². The quantitative estimate of drug-likeness (QED) is 0.408. The van der Waals surface area contributed by atoms with Crippen LogP contribution in [0.25, 0.3) is 0 Å². The Bertz CT molecular complexity index is 443. The minimum atomic E-state index is -0.738. The van der Waals surface area contributed by atoms with Crippen molar-refractivity contribution < 1.29 is 15.1 Å². The SMILES string of the molecule is N[C@@H](c1cc(O)c(O)c([N+](=O)[O-])c1)C1CC1. The van der Waals surface area contributed by atoms with Gasteiger partial charge >= 0.3 is 5.69 Å². The summed E-state index contributed by atoms with van der Waals surface area (Å²) in [7, 11) is 0. The summed E-state index contributed by atoms with van der Waals surface area (Å²) in [6, 6.07) is 2.19. The molecule has 4 N–H and O–H groups in total. The number of nitrogens with two attached hydrogens (primary N) is 1. The number of aromatic hydroxyl groups is 2. The van der Waals surface area contributed by atoms with E-state index in [4.69, 9.17) is 5.73 Å². The van der Waals surface area contributed by atoms with Crippen LogP contribution in [-0.2, 0) is 0 Å². The van der Waals surface area contributed by atoms with Crippen molar-refractivity contribution in [3.8, 4) is 11.5 Å². The van der Waals surface area contributed by atoms with Gasteiger partial charge in [-0.3, -0.25) is 10.1 Å². The molecule has 2 rings (SSSR count). The lowest BCUT2D eigenvalue weighted by molar-refractivity contribution is -0.386. The van der Waals surface area contributed by atoms with E-state index in [1.54, 1.807) is 0 Å². The van der Waals surface area contributed by atoms with Crippen LogP contribution in [0.3, 0.4) is 0 Å². The maximum Gasteiger partial charge on any atom is 0.314 e. The van der Waals surface area contributed by atoms with Crippen molar-refractivity contribution >= 4 is 5.69 Å². The number of benzene rings is 1. The number of nitrogens with zero attached hydrogens (tertiary/aromatic N) is 1. The molecule has 1 aromatic rings. The molecule has 0 aromatic heterocycles. The highest BCUT2D eigenvalue weighted by Gasteiger charge is 2.31. The van der Waals surface area contributed by atoms with Crippen LogP contribution >= 0.6 is 0 Å². The molecule has 16 heavy (non-hydrogen) atoms. The molecule has 0 spiro atoms. The summed E-state index contributed by atoms with van der Waals surface area (Å²) in [5.41, 5.74) is 5.85. The van der Waals surface area contributed by atoms with Crippen molar-refractivity contribution in [3.63, 3.8) is 0 Å². The molecule has 0 unspecified atom stereocenters. The summed E-state index contributed by atoms with van der Waals surface area (Å²) in [5, 5.41) is 29.3. The van der Waals surface area contributed by atoms with E-state index in [2.05, 4.69) is 0 Å². The monoisotopic (exact) mass is 224 g/mol. The van der Waals surface area contributed by atoms with Crippen LogP contribution in [0.1, 0.15) is 24.4 Å². The van der Waals surface area contributed by atoms with Crippen LogP contribution in [0.2, 0.25) is 0 Å². The molecular formula is C10H12N2O4. The zero-order chi connectivity index (χ0) is 11.9. The molecule has 1 atom stereocenters. The fraction of sp³-hybridized carbons (Fsp3) is 0.400. The second kappa shape index (κ2) is 3.64. The summed E-state index contributed by atoms with van der Waals surface area (Å²) in [4.78, 5) is 9.89. The van der Waals surface area contributed by atoms with E-state index in [1.165, 1.54) is 12.1 Å². The maximum absolute atomic E-state index is 10.6. The van der Waals surface area contributed by atoms with Crippen molar-refractivity contribution in [2.24, 2.45) is 11.7 Å². The van der Waals surface area contributed by atoms with Gasteiger partial charge in [-0.15, -0.1) is 0 Å². The van der Waals surface area contributed by atoms with Gasteiger partial charge in [-0.25, -0.2) is 0 Å². The van der Waals surface area contributed by atoms with E-state index >= 15 is 0 Å². The first kappa shape index (κ1) is 10.7. The number of phenolic OH excluding ortho intramolecular Hbond substituents is 2. The predicted octanol–water partition coefficient (Wildman–Crippen LogP) is 1.42. The largest absolute Gasteiger partial charge is 0.504 e. The van der Waals surface area contributed by atoms with Crippen LogP contribution in [0, 0.1) is 16.0 Å². The molecule has 1 fully saturated rings. The minimum absolute atomic E-state index is 0.315. The average Bonchev–Trinajstić information content (AvgIpc) is 3.03. The molecule has 1 aliphatic rings. The van der Waals surface area contributed by atoms with Gasteiger partial charge in [0.15, 0.2) is 5.75 Å². The van der Waals surface area contributed by atoms with E-state index in [0.29, 0.717) is 11.5 Å². The molecule has 6 heteroatoms. The Morgan fingerprint density at radius 1 is 1.44 bits per heavy atom. The standard InChI is InChI=1S/C10H12N2O4/c11-9(5-1-2-5)6-3-7(12(15)16)10(14)8(13)4-6/h3-5,9,13-14H,1-2,11H2/t9-/m1/s1. The van der Waals surface area contributed by atoms with Crippen molar-refractivity contribution in [1.29, 1.82) is 0 Å². The number of rotatable bonds is 3. The highest BCUT2D eigenvalue weighted by atomic mass is 16.6. The highest BCUT2D eigenvalue weighted by molar-refractivity contribution is 5.57. The topological polar surface area (TPSA) is 110 Å². The lowest BCUT2D eigenvalue weighted by Crippen LogP contribution is -2.12. The summed E-state index contributed by atoms with van der Waals surface area (Å²) < 4.78 is 0. The third-order valence-corrected chi connectivity index (χ3v) is 2.80. The predicted molar refractivity (Wildman–Crippen MR) is 56.1 cm³/mol. The average molecular weight is 224 g/mol. The fourth-order valence-electron chi connectivity index (χ4n) is 1.68. The Labute approximate surface area is 91.5 Å². The zero-order valence-corrected chi connectivity index (χ0v) is 8.46. The number of hydrogen-bond acceptors (Lipinski definition) is 5. The molecule has 6 nitrogen and oxygen atoms in total. The molecule has 1 aliphatic carbocycles. The van der Waals surface area contributed by atoms with Crippen LogP contribution in [-0.4, -0.2) is 15.1 Å². The van der Waals surface area contributed by atoms with Crippen molar-refractivity contribution in [3.05, 3.63) is 27.8 Å². The Morgan fingerprint density at radius 3 is 2.56 bits per heavy atom. The van der Waals surface area contributed by atoms with E-state index in [0.717, 1.165) is 12.8 Å². The first-order chi connectivity index (χ1) is 7.50. The molecule has 0 saturated heterocycles. The fourth-order valence-corrected chi connectivity index (χ4v) is 1.68. The van der Waals surface area contributed by atoms with Crippen molar-refractivity contribution in [2.75, 3.05) is 0 Å². The Hall–Kier alpha value is -1.82. The van der Waals surface area contributed by atoms with Gasteiger partial charge in [0.2, 0.25) is 5.75 Å². The zero-order valence-electron chi connectivity index (χ0n) is 8.46. The molecule has 0 radical (unpaired) electrons. The molecule has 0 heterocycles. The lowest BCUT2D eigenvalue weighted by Gasteiger charge is -2.11. The normalized spacial score (nSPS) is 17.1. The number of nitro groups is 1. The molecule has 1 aromatic carbocycles. The summed E-state index contributed by atoms with van der Waals surface area (Å²) in [6.45, 7) is 0. The molecule has 0 bridgehead atoms. The molecule has 1 saturated carbocycles. The van der Waals surface area contributed by atoms with E-state index in [1.807, 2.05) is 0 Å². The van der Waals surface area contributed by atoms with Crippen LogP contribution in [0.4, 0.5) is 5.69 Å². The highest BCUT2D eigenvalue weighted by Crippen LogP contribution is 2.43. The lowest BCUT2D eigenvalue weighted by atomic mass is 10.0. The second-order valence-electron chi connectivity index (χ2n) is 4.03. The number of nitro benzene ring substituents is 1. The third kappa shape index (κ3) is 1.79. The van der Waals surface area contributed by atoms with E-state index in [-0.39, 0.29) is 6.04 Å². The Balaban J connectivity index is 2.43. The summed E-state index contributed by atoms with van der Waals surface area (Å²) >= 11 is 0. The smallest absolute Gasteiger partial charge is 0.314 e. The number of hydrogen-bond donors (Lipinski definition) is 3. The van der Waals surface area contributed by atoms with E-state index < -0.39 is 22.1 Å². The van der Waals surface area contributed by atoms with Gasteiger partial charge < -0.3 is 15.9 Å². The van der Waals surface area contributed by atoms with E-state index in [9.17, 15) is 20.3 Å². The molecule has 86 valence electrons. The van der Waals surface area contributed by atoms with Gasteiger partial charge in [-0.1, -0.05) is 0 Å². The Morgan fingerprint density at radius 2 is 2.06 bits per heavy atom. The van der Waals surface area contributed by atoms with Crippen molar-refractivity contribution in [2.45, 2.75) is 18.9 Å². The minimum Gasteiger partial charge on any atom is -0.504 e. The van der Waals surface area contributed by atoms with Gasteiger partial charge in [-0.2, -0.15) is 0 Å². The van der Waals surface area contributed by atoms with Crippen LogP contribution in [0.15, 0.2) is 12.1 Å². The van der Waals surface area contributed by atoms with Gasteiger partial charge in [0, 0.05) is 12.1 Å². The van der Waals surface area contributed by atoms with Gasteiger partial charge in [0.05, 0.1) is 4.92 Å². The van der Waals surface area contributed by atoms with Crippen LogP contribution in [0.5, 0.6) is 11.5 Å². The first-order valence-corrected chi connectivity index (χ1v) is 4.96. The van der Waals surface area contributed by atoms with Gasteiger partial charge in [0.25, 0.3) is 0 Å². The second-order valence-corrected chi connectivity index (χ2v) is 4.03. The summed E-state index contributed by atoms with van der Waals surface area (Å²) in [5.74, 6) is -0.888. The third-order valence-electron chi connectivity index (χ3n) is 2.80. The van der Waals surface area contributed by atoms with Crippen LogP contribution < -0.4 is 5.73 Å². The molecule has 0 aliphatic heterocycles. The van der Waals surface area contributed by atoms with Gasteiger partial charge in [-0.05, 0) is 30.4 Å². The Kier molecular flexibility index (Phi) is 2.43.